The van der Waals surface area contributed by atoms with Gasteiger partial charge in [-0.2, -0.15) is 0 Å². The Labute approximate surface area is 101 Å². The molecule has 1 N–H and O–H groups in total. The van der Waals surface area contributed by atoms with Crippen molar-refractivity contribution in [2.75, 3.05) is 0 Å². The number of amides is 1. The van der Waals surface area contributed by atoms with Gasteiger partial charge in [0.15, 0.2) is 0 Å². The number of carbonyl (C=O) groups is 1. The van der Waals surface area contributed by atoms with Crippen LogP contribution in [0.15, 0.2) is 30.3 Å². The number of carbonyl (C=O) groups excluding carboxylic acids is 1. The normalized spacial score (nSPS) is 23.6. The molecule has 1 aromatic rings. The number of halogens is 1. The van der Waals surface area contributed by atoms with Crippen LogP contribution >= 0.6 is 11.6 Å². The monoisotopic (exact) mass is 237 g/mol. The molecule has 2 atom stereocenters. The van der Waals surface area contributed by atoms with Crippen molar-refractivity contribution in [3.05, 3.63) is 35.9 Å². The maximum atomic E-state index is 11.8. The molecular formula is C13H16ClNO. The second kappa shape index (κ2) is 4.10. The highest BCUT2D eigenvalue weighted by molar-refractivity contribution is 6.30. The smallest absolute Gasteiger partial charge is 0.242 e. The Morgan fingerprint density at radius 1 is 1.44 bits per heavy atom. The third-order valence-corrected chi connectivity index (χ3v) is 3.60. The largest absolute Gasteiger partial charge is 0.351 e. The summed E-state index contributed by atoms with van der Waals surface area (Å²) in [6.45, 7) is 4.29. The molecular weight excluding hydrogens is 222 g/mol. The van der Waals surface area contributed by atoms with E-state index in [1.54, 1.807) is 0 Å². The van der Waals surface area contributed by atoms with Gasteiger partial charge >= 0.3 is 0 Å². The van der Waals surface area contributed by atoms with E-state index in [9.17, 15) is 4.79 Å². The zero-order valence-electron chi connectivity index (χ0n) is 9.53. The Balaban J connectivity index is 1.96. The van der Waals surface area contributed by atoms with Crippen molar-refractivity contribution < 1.29 is 4.79 Å². The Hall–Kier alpha value is -1.02. The van der Waals surface area contributed by atoms with Crippen LogP contribution in [0.25, 0.3) is 0 Å². The van der Waals surface area contributed by atoms with Crippen molar-refractivity contribution in [3.8, 4) is 0 Å². The van der Waals surface area contributed by atoms with Gasteiger partial charge in [0.25, 0.3) is 0 Å². The van der Waals surface area contributed by atoms with Crippen LogP contribution in [0, 0.1) is 5.41 Å². The third kappa shape index (κ3) is 2.38. The average molecular weight is 238 g/mol. The van der Waals surface area contributed by atoms with Crippen LogP contribution < -0.4 is 5.32 Å². The Bertz CT molecular complexity index is 388. The van der Waals surface area contributed by atoms with E-state index in [-0.39, 0.29) is 17.4 Å². The van der Waals surface area contributed by atoms with Crippen LogP contribution in [-0.4, -0.2) is 11.9 Å². The summed E-state index contributed by atoms with van der Waals surface area (Å²) in [7, 11) is 0. The molecule has 1 aromatic carbocycles. The fourth-order valence-electron chi connectivity index (χ4n) is 1.73. The number of alkyl halides is 1. The molecule has 0 spiro atoms. The summed E-state index contributed by atoms with van der Waals surface area (Å²) in [5, 5.41) is 2.39. The minimum absolute atomic E-state index is 0.0940. The molecule has 0 saturated heterocycles. The number of benzene rings is 1. The first-order chi connectivity index (χ1) is 7.50. The van der Waals surface area contributed by atoms with E-state index in [4.69, 9.17) is 11.6 Å². The number of nitrogens with one attached hydrogen (secondary N) is 1. The second-order valence-corrected chi connectivity index (χ2v) is 5.46. The molecule has 0 heterocycles. The molecule has 1 aliphatic carbocycles. The zero-order valence-corrected chi connectivity index (χ0v) is 10.3. The minimum atomic E-state index is -0.586. The van der Waals surface area contributed by atoms with Crippen molar-refractivity contribution in [3.63, 3.8) is 0 Å². The van der Waals surface area contributed by atoms with Gasteiger partial charge in [0.05, 0.1) is 0 Å². The van der Waals surface area contributed by atoms with Crippen LogP contribution in [0.4, 0.5) is 0 Å². The number of hydrogen-bond acceptors (Lipinski definition) is 1. The van der Waals surface area contributed by atoms with Gasteiger partial charge in [-0.1, -0.05) is 44.2 Å². The molecule has 86 valence electrons. The molecule has 1 aliphatic rings. The third-order valence-electron chi connectivity index (χ3n) is 3.15. The van der Waals surface area contributed by atoms with Crippen LogP contribution in [0.3, 0.4) is 0 Å². The molecule has 3 heteroatoms. The Morgan fingerprint density at radius 3 is 2.50 bits per heavy atom. The summed E-state index contributed by atoms with van der Waals surface area (Å²) in [5.41, 5.74) is 1.09. The lowest BCUT2D eigenvalue weighted by atomic mass is 10.1. The van der Waals surface area contributed by atoms with Crippen molar-refractivity contribution in [2.24, 2.45) is 5.41 Å². The standard InChI is InChI=1S/C13H16ClNO/c1-13(2)8-10(13)15-12(16)11(14)9-6-4-3-5-7-9/h3-7,10-11H,8H2,1-2H3,(H,15,16). The number of rotatable bonds is 3. The van der Waals surface area contributed by atoms with Crippen LogP contribution in [-0.2, 0) is 4.79 Å². The van der Waals surface area contributed by atoms with Gasteiger partial charge < -0.3 is 5.32 Å². The van der Waals surface area contributed by atoms with E-state index in [1.165, 1.54) is 0 Å². The van der Waals surface area contributed by atoms with Crippen molar-refractivity contribution in [1.29, 1.82) is 0 Å². The van der Waals surface area contributed by atoms with Crippen molar-refractivity contribution in [2.45, 2.75) is 31.7 Å². The lowest BCUT2D eigenvalue weighted by molar-refractivity contribution is -0.121. The molecule has 1 fully saturated rings. The molecule has 16 heavy (non-hydrogen) atoms. The molecule has 0 aromatic heterocycles. The van der Waals surface area contributed by atoms with Crippen LogP contribution in [0.5, 0.6) is 0 Å². The first kappa shape index (κ1) is 11.5. The van der Waals surface area contributed by atoms with Gasteiger partial charge in [0.2, 0.25) is 5.91 Å². The lowest BCUT2D eigenvalue weighted by Gasteiger charge is -2.11. The maximum absolute atomic E-state index is 11.8. The van der Waals surface area contributed by atoms with Crippen LogP contribution in [0.1, 0.15) is 31.2 Å². The van der Waals surface area contributed by atoms with E-state index < -0.39 is 5.38 Å². The maximum Gasteiger partial charge on any atom is 0.242 e. The predicted molar refractivity (Wildman–Crippen MR) is 65.4 cm³/mol. The average Bonchev–Trinajstić information content (AvgIpc) is 2.86. The first-order valence-electron chi connectivity index (χ1n) is 5.50. The molecule has 0 radical (unpaired) electrons. The van der Waals surface area contributed by atoms with Gasteiger partial charge in [-0.15, -0.1) is 11.6 Å². The topological polar surface area (TPSA) is 29.1 Å². The molecule has 0 aliphatic heterocycles. The second-order valence-electron chi connectivity index (χ2n) is 5.03. The summed E-state index contributed by atoms with van der Waals surface area (Å²) in [6, 6.07) is 9.71. The minimum Gasteiger partial charge on any atom is -0.351 e. The zero-order chi connectivity index (χ0) is 11.8. The molecule has 1 saturated carbocycles. The van der Waals surface area contributed by atoms with E-state index >= 15 is 0 Å². The molecule has 2 rings (SSSR count). The summed E-state index contributed by atoms with van der Waals surface area (Å²) in [5.74, 6) is -0.0940. The van der Waals surface area contributed by atoms with E-state index in [1.807, 2.05) is 30.3 Å². The summed E-state index contributed by atoms with van der Waals surface area (Å²) < 4.78 is 0. The molecule has 1 amide bonds. The van der Waals surface area contributed by atoms with Crippen molar-refractivity contribution in [1.82, 2.24) is 5.32 Å². The quantitative estimate of drug-likeness (QED) is 0.805. The summed E-state index contributed by atoms with van der Waals surface area (Å²) in [4.78, 5) is 11.8. The van der Waals surface area contributed by atoms with Gasteiger partial charge in [-0.3, -0.25) is 4.79 Å². The van der Waals surface area contributed by atoms with Gasteiger partial charge in [0, 0.05) is 6.04 Å². The Kier molecular flexibility index (Phi) is 2.94. The molecule has 2 nitrogen and oxygen atoms in total. The summed E-state index contributed by atoms with van der Waals surface area (Å²) in [6.07, 6.45) is 1.04. The molecule has 2 unspecified atom stereocenters. The van der Waals surface area contributed by atoms with E-state index in [2.05, 4.69) is 19.2 Å². The lowest BCUT2D eigenvalue weighted by Crippen LogP contribution is -2.31. The highest BCUT2D eigenvalue weighted by Gasteiger charge is 2.47. The molecule has 0 bridgehead atoms. The van der Waals surface area contributed by atoms with Gasteiger partial charge in [-0.25, -0.2) is 0 Å². The van der Waals surface area contributed by atoms with Crippen LogP contribution in [0.2, 0.25) is 0 Å². The van der Waals surface area contributed by atoms with Gasteiger partial charge in [0.1, 0.15) is 5.38 Å². The Morgan fingerprint density at radius 2 is 2.00 bits per heavy atom. The van der Waals surface area contributed by atoms with E-state index in [0.29, 0.717) is 0 Å². The fourth-order valence-corrected chi connectivity index (χ4v) is 1.94. The predicted octanol–water partition coefficient (Wildman–Crippen LogP) is 2.88. The first-order valence-corrected chi connectivity index (χ1v) is 5.94. The highest BCUT2D eigenvalue weighted by Crippen LogP contribution is 2.44. The van der Waals surface area contributed by atoms with E-state index in [0.717, 1.165) is 12.0 Å². The SMILES string of the molecule is CC1(C)CC1NC(=O)C(Cl)c1ccccc1. The highest BCUT2D eigenvalue weighted by atomic mass is 35.5. The fraction of sp³-hybridized carbons (Fsp3) is 0.462. The number of hydrogen-bond donors (Lipinski definition) is 1. The van der Waals surface area contributed by atoms with Gasteiger partial charge in [-0.05, 0) is 17.4 Å². The summed E-state index contributed by atoms with van der Waals surface area (Å²) >= 11 is 6.11. The van der Waals surface area contributed by atoms with Crippen molar-refractivity contribution >= 4 is 17.5 Å².